The molecule has 1 atom stereocenters. The van der Waals surface area contributed by atoms with Gasteiger partial charge in [0.2, 0.25) is 11.8 Å². The average molecular weight is 391 g/mol. The Morgan fingerprint density at radius 3 is 2.96 bits per heavy atom. The number of nitrogens with one attached hydrogen (secondary N) is 2. The summed E-state index contributed by atoms with van der Waals surface area (Å²) in [6.07, 6.45) is 4.74. The van der Waals surface area contributed by atoms with Gasteiger partial charge in [0, 0.05) is 18.1 Å². The zero-order chi connectivity index (χ0) is 19.2. The zero-order valence-corrected chi connectivity index (χ0v) is 15.9. The molecule has 9 heteroatoms. The summed E-state index contributed by atoms with van der Waals surface area (Å²) in [6, 6.07) is 5.19. The first kappa shape index (κ1) is 19.3. The van der Waals surface area contributed by atoms with Crippen molar-refractivity contribution in [3.8, 4) is 5.69 Å². The molecule has 1 aromatic carbocycles. The number of piperidine rings is 1. The summed E-state index contributed by atoms with van der Waals surface area (Å²) in [4.78, 5) is 30.6. The molecule has 0 radical (unpaired) electrons. The first-order valence-corrected chi connectivity index (χ1v) is 9.39. The molecule has 1 saturated heterocycles. The molecule has 1 aliphatic heterocycles. The summed E-state index contributed by atoms with van der Waals surface area (Å²) in [5, 5.41) is 10.4. The lowest BCUT2D eigenvalue weighted by Crippen LogP contribution is -2.45. The minimum absolute atomic E-state index is 0.0610. The van der Waals surface area contributed by atoms with Gasteiger partial charge in [-0.25, -0.2) is 9.67 Å². The summed E-state index contributed by atoms with van der Waals surface area (Å²) in [5.74, 6) is -0.163. The third-order valence-electron chi connectivity index (χ3n) is 4.49. The molecule has 2 N–H and O–H groups in total. The molecular formula is C18H23ClN6O2. The number of benzene rings is 1. The van der Waals surface area contributed by atoms with E-state index in [1.807, 2.05) is 11.8 Å². The maximum atomic E-state index is 12.6. The Balaban J connectivity index is 1.64. The molecule has 2 heterocycles. The molecule has 0 saturated carbocycles. The van der Waals surface area contributed by atoms with Crippen LogP contribution in [0.25, 0.3) is 5.69 Å². The quantitative estimate of drug-likeness (QED) is 0.783. The number of nitrogens with zero attached hydrogens (tertiary/aromatic N) is 4. The van der Waals surface area contributed by atoms with Crippen LogP contribution < -0.4 is 10.6 Å². The lowest BCUT2D eigenvalue weighted by atomic mass is 9.97. The van der Waals surface area contributed by atoms with Gasteiger partial charge in [-0.2, -0.15) is 5.10 Å². The normalized spacial score (nSPS) is 17.5. The van der Waals surface area contributed by atoms with Crippen molar-refractivity contribution in [2.24, 2.45) is 5.92 Å². The Morgan fingerprint density at radius 2 is 2.22 bits per heavy atom. The second kappa shape index (κ2) is 8.96. The van der Waals surface area contributed by atoms with Crippen LogP contribution >= 0.6 is 11.6 Å². The Morgan fingerprint density at radius 1 is 1.37 bits per heavy atom. The van der Waals surface area contributed by atoms with E-state index < -0.39 is 0 Å². The predicted molar refractivity (Wildman–Crippen MR) is 103 cm³/mol. The fourth-order valence-corrected chi connectivity index (χ4v) is 3.44. The fraction of sp³-hybridized carbons (Fsp3) is 0.444. The van der Waals surface area contributed by atoms with E-state index in [9.17, 15) is 9.59 Å². The van der Waals surface area contributed by atoms with E-state index in [1.165, 1.54) is 6.33 Å². The number of hydrogen-bond donors (Lipinski definition) is 2. The van der Waals surface area contributed by atoms with Crippen LogP contribution in [0.1, 0.15) is 19.8 Å². The summed E-state index contributed by atoms with van der Waals surface area (Å²) >= 11 is 6.09. The van der Waals surface area contributed by atoms with E-state index >= 15 is 0 Å². The molecule has 1 aromatic heterocycles. The topological polar surface area (TPSA) is 92.2 Å². The lowest BCUT2D eigenvalue weighted by molar-refractivity contribution is -0.127. The van der Waals surface area contributed by atoms with Gasteiger partial charge in [0.1, 0.15) is 12.7 Å². The highest BCUT2D eigenvalue weighted by Crippen LogP contribution is 2.24. The largest absolute Gasteiger partial charge is 0.356 e. The Bertz CT molecular complexity index is 795. The number of anilines is 1. The minimum Gasteiger partial charge on any atom is -0.356 e. The fourth-order valence-electron chi connectivity index (χ4n) is 3.27. The molecule has 144 valence electrons. The number of rotatable bonds is 6. The minimum atomic E-state index is -0.157. The van der Waals surface area contributed by atoms with Crippen LogP contribution in [-0.4, -0.2) is 57.7 Å². The molecule has 1 fully saturated rings. The molecule has 1 unspecified atom stereocenters. The molecule has 2 aromatic rings. The van der Waals surface area contributed by atoms with Crippen LogP contribution in [0.3, 0.4) is 0 Å². The van der Waals surface area contributed by atoms with Gasteiger partial charge in [0.15, 0.2) is 0 Å². The molecule has 3 rings (SSSR count). The van der Waals surface area contributed by atoms with E-state index in [1.54, 1.807) is 29.2 Å². The molecule has 27 heavy (non-hydrogen) atoms. The van der Waals surface area contributed by atoms with Crippen molar-refractivity contribution >= 4 is 29.1 Å². The van der Waals surface area contributed by atoms with Crippen LogP contribution in [0.5, 0.6) is 0 Å². The maximum Gasteiger partial charge on any atom is 0.238 e. The van der Waals surface area contributed by atoms with Gasteiger partial charge >= 0.3 is 0 Å². The first-order chi connectivity index (χ1) is 13.1. The summed E-state index contributed by atoms with van der Waals surface area (Å²) in [6.45, 7) is 4.14. The van der Waals surface area contributed by atoms with Crippen LogP contribution in [-0.2, 0) is 9.59 Å². The van der Waals surface area contributed by atoms with E-state index in [0.29, 0.717) is 29.5 Å². The molecule has 8 nitrogen and oxygen atoms in total. The standard InChI is InChI=1S/C18H23ClN6O2/c1-2-21-18(27)13-4-3-7-24(9-13)10-17(26)23-15-8-14(19)5-6-16(15)25-12-20-11-22-25/h5-6,8,11-13H,2-4,7,9-10H2,1H3,(H,21,27)(H,23,26). The van der Waals surface area contributed by atoms with Crippen LogP contribution in [0.2, 0.25) is 5.02 Å². The molecule has 1 aliphatic rings. The maximum absolute atomic E-state index is 12.6. The van der Waals surface area contributed by atoms with Gasteiger partial charge in [-0.3, -0.25) is 14.5 Å². The van der Waals surface area contributed by atoms with Crippen molar-refractivity contribution in [1.82, 2.24) is 25.0 Å². The summed E-state index contributed by atoms with van der Waals surface area (Å²) in [5.41, 5.74) is 1.25. The third-order valence-corrected chi connectivity index (χ3v) is 4.73. The molecule has 2 amide bonds. The number of halogens is 1. The highest BCUT2D eigenvalue weighted by Gasteiger charge is 2.26. The predicted octanol–water partition coefficient (Wildman–Crippen LogP) is 1.71. The van der Waals surface area contributed by atoms with Gasteiger partial charge in [0.25, 0.3) is 0 Å². The average Bonchev–Trinajstić information content (AvgIpc) is 3.16. The Hall–Kier alpha value is -2.45. The zero-order valence-electron chi connectivity index (χ0n) is 15.2. The van der Waals surface area contributed by atoms with Gasteiger partial charge in [-0.15, -0.1) is 0 Å². The summed E-state index contributed by atoms with van der Waals surface area (Å²) in [7, 11) is 0. The second-order valence-corrected chi connectivity index (χ2v) is 6.95. The number of aromatic nitrogens is 3. The third kappa shape index (κ3) is 5.05. The van der Waals surface area contributed by atoms with E-state index in [-0.39, 0.29) is 24.3 Å². The van der Waals surface area contributed by atoms with Crippen molar-refractivity contribution in [2.75, 3.05) is 31.5 Å². The Labute approximate surface area is 162 Å². The van der Waals surface area contributed by atoms with Crippen molar-refractivity contribution in [3.63, 3.8) is 0 Å². The number of hydrogen-bond acceptors (Lipinski definition) is 5. The molecular weight excluding hydrogens is 368 g/mol. The molecule has 0 bridgehead atoms. The SMILES string of the molecule is CCNC(=O)C1CCCN(CC(=O)Nc2cc(Cl)ccc2-n2cncn2)C1. The van der Waals surface area contributed by atoms with E-state index in [0.717, 1.165) is 19.4 Å². The number of amides is 2. The number of carbonyl (C=O) groups excluding carboxylic acids is 2. The van der Waals surface area contributed by atoms with Crippen LogP contribution in [0.4, 0.5) is 5.69 Å². The van der Waals surface area contributed by atoms with Crippen molar-refractivity contribution in [1.29, 1.82) is 0 Å². The highest BCUT2D eigenvalue weighted by molar-refractivity contribution is 6.31. The smallest absolute Gasteiger partial charge is 0.238 e. The Kier molecular flexibility index (Phi) is 6.41. The second-order valence-electron chi connectivity index (χ2n) is 6.52. The lowest BCUT2D eigenvalue weighted by Gasteiger charge is -2.31. The van der Waals surface area contributed by atoms with Gasteiger partial charge in [-0.1, -0.05) is 11.6 Å². The monoisotopic (exact) mass is 390 g/mol. The van der Waals surface area contributed by atoms with Crippen LogP contribution in [0.15, 0.2) is 30.9 Å². The van der Waals surface area contributed by atoms with Crippen LogP contribution in [0, 0.1) is 5.92 Å². The van der Waals surface area contributed by atoms with Gasteiger partial charge < -0.3 is 10.6 Å². The van der Waals surface area contributed by atoms with E-state index in [2.05, 4.69) is 20.7 Å². The van der Waals surface area contributed by atoms with Crippen molar-refractivity contribution < 1.29 is 9.59 Å². The molecule has 0 spiro atoms. The molecule has 0 aliphatic carbocycles. The van der Waals surface area contributed by atoms with Gasteiger partial charge in [-0.05, 0) is 44.5 Å². The van der Waals surface area contributed by atoms with E-state index in [4.69, 9.17) is 11.6 Å². The number of carbonyl (C=O) groups is 2. The van der Waals surface area contributed by atoms with Crippen molar-refractivity contribution in [2.45, 2.75) is 19.8 Å². The first-order valence-electron chi connectivity index (χ1n) is 9.01. The highest BCUT2D eigenvalue weighted by atomic mass is 35.5. The summed E-state index contributed by atoms with van der Waals surface area (Å²) < 4.78 is 1.57. The number of likely N-dealkylation sites (tertiary alicyclic amines) is 1. The van der Waals surface area contributed by atoms with Gasteiger partial charge in [0.05, 0.1) is 23.8 Å². The van der Waals surface area contributed by atoms with Crippen molar-refractivity contribution in [3.05, 3.63) is 35.9 Å².